The van der Waals surface area contributed by atoms with Crippen molar-refractivity contribution in [3.8, 4) is 0 Å². The minimum Gasteiger partial charge on any atom is -0.367 e. The molecule has 3 heterocycles. The fourth-order valence-corrected chi connectivity index (χ4v) is 4.64. The summed E-state index contributed by atoms with van der Waals surface area (Å²) in [4.78, 5) is 18.8. The number of fused-ring (bicyclic) bond motifs is 3. The van der Waals surface area contributed by atoms with Gasteiger partial charge < -0.3 is 10.2 Å². The first kappa shape index (κ1) is 23.0. The number of carbonyl (C=O) groups is 1. The highest BCUT2D eigenvalue weighted by Gasteiger charge is 2.15. The van der Waals surface area contributed by atoms with Crippen LogP contribution in [-0.4, -0.2) is 57.0 Å². The summed E-state index contributed by atoms with van der Waals surface area (Å²) in [5.41, 5.74) is 5.33. The van der Waals surface area contributed by atoms with Gasteiger partial charge in [0.1, 0.15) is 5.52 Å². The topological polar surface area (TPSA) is 95.3 Å². The predicted molar refractivity (Wildman–Crippen MR) is 138 cm³/mol. The van der Waals surface area contributed by atoms with E-state index in [4.69, 9.17) is 15.3 Å². The number of nitrogens with zero attached hydrogens (tertiary/aromatic N) is 4. The number of likely N-dealkylation sites (tertiary alicyclic amines) is 1. The van der Waals surface area contributed by atoms with Crippen LogP contribution in [0.3, 0.4) is 0 Å². The molecule has 1 saturated heterocycles. The lowest BCUT2D eigenvalue weighted by molar-refractivity contribution is -0.124. The summed E-state index contributed by atoms with van der Waals surface area (Å²) in [7, 11) is 0. The molecule has 35 heavy (non-hydrogen) atoms. The van der Waals surface area contributed by atoms with Crippen LogP contribution in [0, 0.1) is 0 Å². The number of anilines is 1. The van der Waals surface area contributed by atoms with Crippen LogP contribution in [-0.2, 0) is 11.3 Å². The molecule has 1 aliphatic heterocycles. The number of carbonyl (C=O) groups excluding carboxylic acids is 1. The molecule has 1 aliphatic rings. The van der Waals surface area contributed by atoms with E-state index in [2.05, 4.69) is 28.5 Å². The summed E-state index contributed by atoms with van der Waals surface area (Å²) in [6.07, 6.45) is 8.91. The molecule has 0 aliphatic carbocycles. The van der Waals surface area contributed by atoms with Crippen LogP contribution in [0.25, 0.3) is 27.9 Å². The van der Waals surface area contributed by atoms with E-state index in [-0.39, 0.29) is 0 Å². The third-order valence-corrected chi connectivity index (χ3v) is 6.42. The maximum atomic E-state index is 11.4. The van der Waals surface area contributed by atoms with Crippen LogP contribution < -0.4 is 10.8 Å². The number of hydroxylamine groups is 1. The average Bonchev–Trinajstić information content (AvgIpc) is 3.32. The highest BCUT2D eigenvalue weighted by atomic mass is 16.5. The van der Waals surface area contributed by atoms with E-state index in [1.54, 1.807) is 11.6 Å². The summed E-state index contributed by atoms with van der Waals surface area (Å²) >= 11 is 0. The number of pyridine rings is 1. The van der Waals surface area contributed by atoms with Gasteiger partial charge in [-0.25, -0.2) is 10.5 Å². The van der Waals surface area contributed by atoms with E-state index < -0.39 is 5.91 Å². The van der Waals surface area contributed by atoms with Gasteiger partial charge in [-0.3, -0.25) is 14.7 Å². The van der Waals surface area contributed by atoms with Crippen LogP contribution in [0.15, 0.2) is 60.8 Å². The Balaban J connectivity index is 1.49. The smallest absolute Gasteiger partial charge is 0.267 e. The molecular weight excluding hydrogens is 440 g/mol. The van der Waals surface area contributed by atoms with Crippen LogP contribution in [0.2, 0.25) is 0 Å². The number of nitrogens with one attached hydrogen (secondary N) is 2. The maximum absolute atomic E-state index is 11.4. The second kappa shape index (κ2) is 10.7. The number of rotatable bonds is 8. The number of hydrogen-bond donors (Lipinski definition) is 3. The highest BCUT2D eigenvalue weighted by molar-refractivity contribution is 6.09. The predicted octanol–water partition coefficient (Wildman–Crippen LogP) is 4.05. The third-order valence-electron chi connectivity index (χ3n) is 6.42. The Bertz CT molecular complexity index is 1340. The first-order valence-corrected chi connectivity index (χ1v) is 12.1. The van der Waals surface area contributed by atoms with E-state index in [1.165, 1.54) is 44.0 Å². The molecule has 8 nitrogen and oxygen atoms in total. The highest BCUT2D eigenvalue weighted by Crippen LogP contribution is 2.30. The first-order chi connectivity index (χ1) is 17.2. The minimum atomic E-state index is -0.572. The van der Waals surface area contributed by atoms with E-state index in [1.807, 2.05) is 41.1 Å². The molecule has 0 radical (unpaired) electrons. The maximum Gasteiger partial charge on any atom is 0.267 e. The lowest BCUT2D eigenvalue weighted by atomic mass is 10.1. The normalized spacial score (nSPS) is 14.7. The molecule has 1 fully saturated rings. The van der Waals surface area contributed by atoms with Crippen molar-refractivity contribution in [2.75, 3.05) is 31.5 Å². The van der Waals surface area contributed by atoms with Crippen LogP contribution >= 0.6 is 0 Å². The van der Waals surface area contributed by atoms with Gasteiger partial charge in [0.15, 0.2) is 5.82 Å². The number of aromatic nitrogens is 3. The second-order valence-electron chi connectivity index (χ2n) is 8.95. The SMILES string of the molecule is O=C(/C=C/c1ccc2nc(NCCN3CCCCC3)c3nn(Cc4ccccc4)cc3c2c1)NO. The number of hydrogen-bond acceptors (Lipinski definition) is 6. The molecule has 3 N–H and O–H groups in total. The minimum absolute atomic E-state index is 0.572. The van der Waals surface area contributed by atoms with Crippen LogP contribution in [0.4, 0.5) is 5.82 Å². The molecule has 5 rings (SSSR count). The molecule has 2 aromatic heterocycles. The van der Waals surface area contributed by atoms with Gasteiger partial charge in [-0.1, -0.05) is 42.8 Å². The molecule has 1 amide bonds. The lowest BCUT2D eigenvalue weighted by Gasteiger charge is -2.26. The van der Waals surface area contributed by atoms with Gasteiger partial charge in [0.05, 0.1) is 12.1 Å². The van der Waals surface area contributed by atoms with E-state index in [9.17, 15) is 4.79 Å². The van der Waals surface area contributed by atoms with E-state index in [0.717, 1.165) is 46.3 Å². The quantitative estimate of drug-likeness (QED) is 0.204. The Kier molecular flexibility index (Phi) is 7.02. The standard InChI is InChI=1S/C27H30N6O2/c34-25(31-35)12-10-20-9-11-24-22(17-20)23-19-33(18-21-7-3-1-4-8-21)30-26(23)27(29-24)28-13-16-32-14-5-2-6-15-32/h1,3-4,7-12,17,19,35H,2,5-6,13-16,18H2,(H,28,29)(H,31,34)/b12-10+. The molecule has 0 atom stereocenters. The Labute approximate surface area is 204 Å². The molecular formula is C27H30N6O2. The third kappa shape index (κ3) is 5.50. The van der Waals surface area contributed by atoms with Crippen molar-refractivity contribution in [3.63, 3.8) is 0 Å². The van der Waals surface area contributed by atoms with Crippen molar-refractivity contribution in [3.05, 3.63) is 71.9 Å². The van der Waals surface area contributed by atoms with Gasteiger partial charge in [0.25, 0.3) is 5.91 Å². The Morgan fingerprint density at radius 3 is 2.69 bits per heavy atom. The van der Waals surface area contributed by atoms with Crippen molar-refractivity contribution in [1.82, 2.24) is 25.1 Å². The lowest BCUT2D eigenvalue weighted by Crippen LogP contribution is -2.33. The zero-order valence-electron chi connectivity index (χ0n) is 19.7. The van der Waals surface area contributed by atoms with Crippen molar-refractivity contribution in [1.29, 1.82) is 0 Å². The van der Waals surface area contributed by atoms with Gasteiger partial charge >= 0.3 is 0 Å². The molecule has 8 heteroatoms. The average molecular weight is 471 g/mol. The summed E-state index contributed by atoms with van der Waals surface area (Å²) in [6.45, 7) is 4.80. The Morgan fingerprint density at radius 1 is 1.06 bits per heavy atom. The first-order valence-electron chi connectivity index (χ1n) is 12.1. The molecule has 180 valence electrons. The molecule has 0 saturated carbocycles. The van der Waals surface area contributed by atoms with E-state index in [0.29, 0.717) is 6.54 Å². The van der Waals surface area contributed by atoms with Crippen molar-refractivity contribution in [2.45, 2.75) is 25.8 Å². The largest absolute Gasteiger partial charge is 0.367 e. The number of amides is 1. The zero-order valence-corrected chi connectivity index (χ0v) is 19.7. The monoisotopic (exact) mass is 470 g/mol. The summed E-state index contributed by atoms with van der Waals surface area (Å²) in [6, 6.07) is 16.1. The van der Waals surface area contributed by atoms with Gasteiger partial charge in [-0.15, -0.1) is 0 Å². The molecule has 0 spiro atoms. The van der Waals surface area contributed by atoms with Gasteiger partial charge in [0, 0.05) is 36.1 Å². The van der Waals surface area contributed by atoms with Gasteiger partial charge in [-0.2, -0.15) is 5.10 Å². The Hall–Kier alpha value is -3.75. The van der Waals surface area contributed by atoms with E-state index >= 15 is 0 Å². The van der Waals surface area contributed by atoms with Crippen molar-refractivity contribution >= 4 is 39.6 Å². The van der Waals surface area contributed by atoms with Gasteiger partial charge in [-0.05, 0) is 55.3 Å². The number of benzene rings is 2. The van der Waals surface area contributed by atoms with Crippen molar-refractivity contribution < 1.29 is 10.0 Å². The molecule has 0 bridgehead atoms. The number of piperidine rings is 1. The molecule has 2 aromatic carbocycles. The van der Waals surface area contributed by atoms with Gasteiger partial charge in [0.2, 0.25) is 0 Å². The zero-order chi connectivity index (χ0) is 24.0. The fraction of sp³-hybridized carbons (Fsp3) is 0.296. The molecule has 0 unspecified atom stereocenters. The van der Waals surface area contributed by atoms with Crippen LogP contribution in [0.5, 0.6) is 0 Å². The van der Waals surface area contributed by atoms with Crippen LogP contribution in [0.1, 0.15) is 30.4 Å². The molecule has 4 aromatic rings. The summed E-state index contributed by atoms with van der Waals surface area (Å²) < 4.78 is 1.96. The fourth-order valence-electron chi connectivity index (χ4n) is 4.64. The summed E-state index contributed by atoms with van der Waals surface area (Å²) in [5.74, 6) is 0.219. The Morgan fingerprint density at radius 2 is 1.89 bits per heavy atom. The summed E-state index contributed by atoms with van der Waals surface area (Å²) in [5, 5.41) is 19.2. The van der Waals surface area contributed by atoms with Crippen molar-refractivity contribution in [2.24, 2.45) is 0 Å². The second-order valence-corrected chi connectivity index (χ2v) is 8.95.